The molecule has 0 bridgehead atoms. The van der Waals surface area contributed by atoms with Crippen molar-refractivity contribution in [2.24, 2.45) is 0 Å². The molecule has 1 aliphatic rings. The Morgan fingerprint density at radius 2 is 2.00 bits per heavy atom. The molecule has 0 amide bonds. The van der Waals surface area contributed by atoms with Crippen molar-refractivity contribution in [3.63, 3.8) is 0 Å². The summed E-state index contributed by atoms with van der Waals surface area (Å²) in [5.74, 6) is -0.720. The van der Waals surface area contributed by atoms with Crippen LogP contribution in [0.1, 0.15) is 23.2 Å². The van der Waals surface area contributed by atoms with E-state index in [9.17, 15) is 4.79 Å². The second kappa shape index (κ2) is 4.94. The number of aryl methyl sites for hydroxylation is 2. The summed E-state index contributed by atoms with van der Waals surface area (Å²) in [7, 11) is 0. The highest BCUT2D eigenvalue weighted by molar-refractivity contribution is 5.87. The normalized spacial score (nSPS) is 15.5. The minimum atomic E-state index is -0.720. The third-order valence-electron chi connectivity index (χ3n) is 4.23. The molecule has 1 aromatic heterocycles. The van der Waals surface area contributed by atoms with E-state index in [1.54, 1.807) is 0 Å². The lowest BCUT2D eigenvalue weighted by Gasteiger charge is -2.28. The molecule has 0 saturated carbocycles. The number of benzene rings is 1. The van der Waals surface area contributed by atoms with Gasteiger partial charge in [0.15, 0.2) is 0 Å². The zero-order valence-corrected chi connectivity index (χ0v) is 12.0. The summed E-state index contributed by atoms with van der Waals surface area (Å²) in [6, 6.07) is 6.62. The van der Waals surface area contributed by atoms with Crippen LogP contribution in [0.15, 0.2) is 18.2 Å². The maximum atomic E-state index is 10.7. The smallest absolute Gasteiger partial charge is 0.304 e. The van der Waals surface area contributed by atoms with Crippen molar-refractivity contribution < 1.29 is 9.90 Å². The molecule has 0 spiro atoms. The van der Waals surface area contributed by atoms with Crippen LogP contribution in [0.3, 0.4) is 0 Å². The average Bonchev–Trinajstić information content (AvgIpc) is 2.80. The van der Waals surface area contributed by atoms with Crippen LogP contribution >= 0.6 is 0 Å². The van der Waals surface area contributed by atoms with E-state index in [4.69, 9.17) is 5.11 Å². The maximum absolute atomic E-state index is 10.7. The average molecular weight is 272 g/mol. The molecule has 3 rings (SSSR count). The minimum absolute atomic E-state index is 0.221. The molecule has 0 unspecified atom stereocenters. The van der Waals surface area contributed by atoms with E-state index in [0.717, 1.165) is 19.6 Å². The van der Waals surface area contributed by atoms with E-state index in [2.05, 4.69) is 41.5 Å². The zero-order chi connectivity index (χ0) is 14.3. The monoisotopic (exact) mass is 272 g/mol. The van der Waals surface area contributed by atoms with Crippen molar-refractivity contribution in [1.29, 1.82) is 0 Å². The lowest BCUT2D eigenvalue weighted by atomic mass is 10.1. The number of carbonyl (C=O) groups is 1. The van der Waals surface area contributed by atoms with Gasteiger partial charge in [-0.15, -0.1) is 0 Å². The van der Waals surface area contributed by atoms with Gasteiger partial charge in [0.25, 0.3) is 0 Å². The summed E-state index contributed by atoms with van der Waals surface area (Å²) < 4.78 is 2.40. The molecule has 4 heteroatoms. The molecular formula is C16H20N2O2. The lowest BCUT2D eigenvalue weighted by Crippen LogP contribution is -2.34. The SMILES string of the molecule is Cc1ccc(C)c2c1cc1n2CCN(CCC(=O)O)C1. The quantitative estimate of drug-likeness (QED) is 0.934. The van der Waals surface area contributed by atoms with E-state index in [1.165, 1.54) is 27.7 Å². The van der Waals surface area contributed by atoms with E-state index in [0.29, 0.717) is 6.54 Å². The largest absolute Gasteiger partial charge is 0.481 e. The summed E-state index contributed by atoms with van der Waals surface area (Å²) in [4.78, 5) is 12.9. The van der Waals surface area contributed by atoms with Gasteiger partial charge in [0.2, 0.25) is 0 Å². The lowest BCUT2D eigenvalue weighted by molar-refractivity contribution is -0.137. The minimum Gasteiger partial charge on any atom is -0.481 e. The Morgan fingerprint density at radius 1 is 1.25 bits per heavy atom. The van der Waals surface area contributed by atoms with E-state index in [-0.39, 0.29) is 6.42 Å². The van der Waals surface area contributed by atoms with Crippen LogP contribution in [0, 0.1) is 13.8 Å². The molecule has 4 nitrogen and oxygen atoms in total. The number of hydrogen-bond acceptors (Lipinski definition) is 2. The number of carboxylic acids is 1. The number of aromatic nitrogens is 1. The Hall–Kier alpha value is -1.81. The van der Waals surface area contributed by atoms with Gasteiger partial charge >= 0.3 is 5.97 Å². The first kappa shape index (κ1) is 13.2. The number of nitrogens with zero attached hydrogens (tertiary/aromatic N) is 2. The van der Waals surface area contributed by atoms with Crippen molar-refractivity contribution in [1.82, 2.24) is 9.47 Å². The van der Waals surface area contributed by atoms with Crippen LogP contribution in [0.4, 0.5) is 0 Å². The molecule has 2 heterocycles. The molecule has 1 aromatic carbocycles. The Balaban J connectivity index is 1.93. The summed E-state index contributed by atoms with van der Waals surface area (Å²) in [5, 5.41) is 10.1. The Labute approximate surface area is 118 Å². The summed E-state index contributed by atoms with van der Waals surface area (Å²) in [6.07, 6.45) is 0.221. The molecule has 0 aliphatic carbocycles. The van der Waals surface area contributed by atoms with E-state index >= 15 is 0 Å². The van der Waals surface area contributed by atoms with Crippen molar-refractivity contribution in [3.05, 3.63) is 35.0 Å². The third-order valence-corrected chi connectivity index (χ3v) is 4.23. The second-order valence-corrected chi connectivity index (χ2v) is 5.67. The Kier molecular flexibility index (Phi) is 3.26. The van der Waals surface area contributed by atoms with Gasteiger partial charge in [-0.2, -0.15) is 0 Å². The molecule has 20 heavy (non-hydrogen) atoms. The molecule has 0 radical (unpaired) electrons. The highest BCUT2D eigenvalue weighted by atomic mass is 16.4. The number of rotatable bonds is 3. The van der Waals surface area contributed by atoms with Gasteiger partial charge < -0.3 is 9.67 Å². The van der Waals surface area contributed by atoms with Crippen LogP contribution in [-0.4, -0.2) is 33.6 Å². The van der Waals surface area contributed by atoms with Crippen molar-refractivity contribution in [2.45, 2.75) is 33.4 Å². The molecule has 106 valence electrons. The van der Waals surface area contributed by atoms with Crippen molar-refractivity contribution in [2.75, 3.05) is 13.1 Å². The van der Waals surface area contributed by atoms with E-state index in [1.807, 2.05) is 0 Å². The number of aliphatic carboxylic acids is 1. The Morgan fingerprint density at radius 3 is 2.75 bits per heavy atom. The zero-order valence-electron chi connectivity index (χ0n) is 12.0. The predicted octanol–water partition coefficient (Wildman–Crippen LogP) is 2.55. The van der Waals surface area contributed by atoms with Gasteiger partial charge in [0, 0.05) is 37.3 Å². The van der Waals surface area contributed by atoms with Crippen LogP contribution in [-0.2, 0) is 17.9 Å². The first-order valence-corrected chi connectivity index (χ1v) is 7.08. The topological polar surface area (TPSA) is 45.5 Å². The first-order chi connectivity index (χ1) is 9.56. The maximum Gasteiger partial charge on any atom is 0.304 e. The number of hydrogen-bond donors (Lipinski definition) is 1. The summed E-state index contributed by atoms with van der Waals surface area (Å²) in [6.45, 7) is 7.66. The highest BCUT2D eigenvalue weighted by Crippen LogP contribution is 2.29. The molecule has 0 atom stereocenters. The number of fused-ring (bicyclic) bond motifs is 3. The van der Waals surface area contributed by atoms with Crippen LogP contribution in [0.25, 0.3) is 10.9 Å². The first-order valence-electron chi connectivity index (χ1n) is 7.08. The van der Waals surface area contributed by atoms with Gasteiger partial charge in [-0.3, -0.25) is 9.69 Å². The fourth-order valence-electron chi connectivity index (χ4n) is 3.13. The van der Waals surface area contributed by atoms with Gasteiger partial charge in [-0.1, -0.05) is 12.1 Å². The standard InChI is InChI=1S/C16H20N2O2/c1-11-3-4-12(2)16-14(11)9-13-10-17(6-5-15(19)20)7-8-18(13)16/h3-4,9H,5-8,10H2,1-2H3,(H,19,20). The summed E-state index contributed by atoms with van der Waals surface area (Å²) in [5.41, 5.74) is 5.27. The van der Waals surface area contributed by atoms with Crippen LogP contribution in [0.2, 0.25) is 0 Å². The highest BCUT2D eigenvalue weighted by Gasteiger charge is 2.20. The summed E-state index contributed by atoms with van der Waals surface area (Å²) >= 11 is 0. The molecule has 0 saturated heterocycles. The van der Waals surface area contributed by atoms with Crippen molar-refractivity contribution in [3.8, 4) is 0 Å². The van der Waals surface area contributed by atoms with Crippen molar-refractivity contribution >= 4 is 16.9 Å². The molecule has 1 N–H and O–H groups in total. The van der Waals surface area contributed by atoms with Gasteiger partial charge in [0.1, 0.15) is 0 Å². The predicted molar refractivity (Wildman–Crippen MR) is 78.9 cm³/mol. The Bertz CT molecular complexity index is 673. The number of carboxylic acid groups (broad SMARTS) is 1. The molecular weight excluding hydrogens is 252 g/mol. The third kappa shape index (κ3) is 2.20. The molecule has 1 aliphatic heterocycles. The fourth-order valence-corrected chi connectivity index (χ4v) is 3.13. The van der Waals surface area contributed by atoms with Gasteiger partial charge in [0.05, 0.1) is 11.9 Å². The molecule has 2 aromatic rings. The van der Waals surface area contributed by atoms with Gasteiger partial charge in [-0.25, -0.2) is 0 Å². The fraction of sp³-hybridized carbons (Fsp3) is 0.438. The molecule has 0 fully saturated rings. The van der Waals surface area contributed by atoms with Gasteiger partial charge in [-0.05, 0) is 31.0 Å². The van der Waals surface area contributed by atoms with Crippen LogP contribution < -0.4 is 0 Å². The second-order valence-electron chi connectivity index (χ2n) is 5.67. The van der Waals surface area contributed by atoms with Crippen LogP contribution in [0.5, 0.6) is 0 Å². The van der Waals surface area contributed by atoms with E-state index < -0.39 is 5.97 Å².